The van der Waals surface area contributed by atoms with E-state index < -0.39 is 0 Å². The van der Waals surface area contributed by atoms with Crippen molar-refractivity contribution in [2.24, 2.45) is 0 Å². The van der Waals surface area contributed by atoms with Crippen LogP contribution in [0.3, 0.4) is 0 Å². The van der Waals surface area contributed by atoms with Gasteiger partial charge in [0.1, 0.15) is 0 Å². The minimum atomic E-state index is 0.0775. The maximum absolute atomic E-state index is 9.92. The lowest BCUT2D eigenvalue weighted by atomic mass is 9.92. The Bertz CT molecular complexity index is 419. The first kappa shape index (κ1) is 9.81. The van der Waals surface area contributed by atoms with Gasteiger partial charge in [-0.1, -0.05) is 0 Å². The molecule has 1 aliphatic rings. The average Bonchev–Trinajstić information content (AvgIpc) is 2.18. The molecular weight excluding hydrogens is 192 g/mol. The van der Waals surface area contributed by atoms with Crippen molar-refractivity contribution < 1.29 is 9.84 Å². The predicted octanol–water partition coefficient (Wildman–Crippen LogP) is 1.31. The van der Waals surface area contributed by atoms with Gasteiger partial charge in [0.05, 0.1) is 18.7 Å². The summed E-state index contributed by atoms with van der Waals surface area (Å²) in [6.07, 6.45) is 0.940. The number of hydrogen-bond donors (Lipinski definition) is 2. The molecule has 0 amide bonds. The number of ether oxygens (including phenoxy) is 1. The lowest BCUT2D eigenvalue weighted by Gasteiger charge is -2.29. The molecule has 2 rings (SSSR count). The van der Waals surface area contributed by atoms with E-state index >= 15 is 0 Å². The normalized spacial score (nSPS) is 19.1. The summed E-state index contributed by atoms with van der Waals surface area (Å²) >= 11 is 0. The zero-order valence-electron chi connectivity index (χ0n) is 8.45. The van der Waals surface area contributed by atoms with Crippen molar-refractivity contribution in [2.45, 2.75) is 12.5 Å². The predicted molar refractivity (Wildman–Crippen MR) is 54.7 cm³/mol. The molecule has 0 aromatic heterocycles. The summed E-state index contributed by atoms with van der Waals surface area (Å²) in [7, 11) is 1.50. The minimum Gasteiger partial charge on any atom is -0.504 e. The fourth-order valence-corrected chi connectivity index (χ4v) is 1.74. The Kier molecular flexibility index (Phi) is 2.48. The topological polar surface area (TPSA) is 65.3 Å². The van der Waals surface area contributed by atoms with Crippen LogP contribution in [0.15, 0.2) is 12.1 Å². The molecule has 0 bridgehead atoms. The lowest BCUT2D eigenvalue weighted by Crippen LogP contribution is -2.35. The summed E-state index contributed by atoms with van der Waals surface area (Å²) in [5.41, 5.74) is 1.16. The van der Waals surface area contributed by atoms with Gasteiger partial charge in [0.15, 0.2) is 11.5 Å². The molecule has 2 N–H and O–H groups in total. The van der Waals surface area contributed by atoms with Gasteiger partial charge in [0.2, 0.25) is 0 Å². The Hall–Kier alpha value is -1.73. The minimum absolute atomic E-state index is 0.0775. The summed E-state index contributed by atoms with van der Waals surface area (Å²) in [4.78, 5) is 0. The van der Waals surface area contributed by atoms with Gasteiger partial charge in [-0.25, -0.2) is 0 Å². The first-order chi connectivity index (χ1) is 7.27. The van der Waals surface area contributed by atoms with Gasteiger partial charge in [0.25, 0.3) is 0 Å². The molecule has 0 radical (unpaired) electrons. The number of nitriles is 1. The van der Waals surface area contributed by atoms with E-state index in [2.05, 4.69) is 11.4 Å². The fraction of sp³-hybridized carbons (Fsp3) is 0.364. The number of nitrogens with one attached hydrogen (secondary N) is 1. The Morgan fingerprint density at radius 1 is 1.60 bits per heavy atom. The summed E-state index contributed by atoms with van der Waals surface area (Å²) in [5, 5.41) is 22.0. The largest absolute Gasteiger partial charge is 0.504 e. The second kappa shape index (κ2) is 3.79. The monoisotopic (exact) mass is 204 g/mol. The van der Waals surface area contributed by atoms with Crippen LogP contribution < -0.4 is 10.1 Å². The molecule has 15 heavy (non-hydrogen) atoms. The van der Waals surface area contributed by atoms with Crippen LogP contribution in [-0.4, -0.2) is 18.8 Å². The zero-order chi connectivity index (χ0) is 10.8. The first-order valence-corrected chi connectivity index (χ1v) is 4.81. The number of nitrogens with zero attached hydrogens (tertiary/aromatic N) is 1. The van der Waals surface area contributed by atoms with Crippen LogP contribution in [0.1, 0.15) is 23.6 Å². The molecule has 1 atom stereocenters. The Labute approximate surface area is 88.1 Å². The molecule has 1 aromatic rings. The number of hydrogen-bond acceptors (Lipinski definition) is 4. The van der Waals surface area contributed by atoms with Crippen molar-refractivity contribution in [3.63, 3.8) is 0 Å². The van der Waals surface area contributed by atoms with E-state index in [0.29, 0.717) is 16.9 Å². The van der Waals surface area contributed by atoms with Gasteiger partial charge in [-0.2, -0.15) is 5.26 Å². The molecule has 4 nitrogen and oxygen atoms in total. The Morgan fingerprint density at radius 3 is 2.80 bits per heavy atom. The number of methoxy groups -OCH3 is 1. The molecule has 0 aliphatic carbocycles. The highest BCUT2D eigenvalue weighted by Crippen LogP contribution is 2.39. The van der Waals surface area contributed by atoms with E-state index in [9.17, 15) is 5.11 Å². The molecule has 1 aromatic carbocycles. The quantitative estimate of drug-likeness (QED) is 0.762. The van der Waals surface area contributed by atoms with Gasteiger partial charge in [-0.15, -0.1) is 0 Å². The van der Waals surface area contributed by atoms with Crippen molar-refractivity contribution in [1.82, 2.24) is 5.32 Å². The summed E-state index contributed by atoms with van der Waals surface area (Å²) < 4.78 is 5.02. The van der Waals surface area contributed by atoms with Crippen molar-refractivity contribution in [3.05, 3.63) is 23.3 Å². The number of phenolic OH excluding ortho intramolecular Hbond substituents is 1. The average molecular weight is 204 g/mol. The highest BCUT2D eigenvalue weighted by Gasteiger charge is 2.26. The SMILES string of the molecule is COc1ccc(C#N)c([C@@H]2CCN2)c1O. The standard InChI is InChI=1S/C11H12N2O2/c1-15-9-3-2-7(6-12)10(11(9)14)8-4-5-13-8/h2-3,8,13-14H,4-5H2,1H3/t8-/m0/s1. The van der Waals surface area contributed by atoms with E-state index in [1.807, 2.05) is 0 Å². The maximum Gasteiger partial charge on any atom is 0.163 e. The maximum atomic E-state index is 9.92. The second-order valence-electron chi connectivity index (χ2n) is 3.48. The molecule has 0 spiro atoms. The number of benzene rings is 1. The van der Waals surface area contributed by atoms with Crippen molar-refractivity contribution in [3.8, 4) is 17.6 Å². The van der Waals surface area contributed by atoms with Gasteiger partial charge in [-0.3, -0.25) is 0 Å². The van der Waals surface area contributed by atoms with E-state index in [-0.39, 0.29) is 11.8 Å². The van der Waals surface area contributed by atoms with Crippen molar-refractivity contribution in [1.29, 1.82) is 5.26 Å². The molecule has 0 saturated carbocycles. The van der Waals surface area contributed by atoms with Crippen LogP contribution in [0, 0.1) is 11.3 Å². The second-order valence-corrected chi connectivity index (χ2v) is 3.48. The number of phenols is 1. The molecule has 78 valence electrons. The van der Waals surface area contributed by atoms with Crippen molar-refractivity contribution in [2.75, 3.05) is 13.7 Å². The van der Waals surface area contributed by atoms with Crippen LogP contribution in [0.4, 0.5) is 0 Å². The van der Waals surface area contributed by atoms with Gasteiger partial charge in [0, 0.05) is 11.6 Å². The first-order valence-electron chi connectivity index (χ1n) is 4.81. The molecule has 1 heterocycles. The van der Waals surface area contributed by atoms with E-state index in [4.69, 9.17) is 10.00 Å². The Morgan fingerprint density at radius 2 is 2.33 bits per heavy atom. The zero-order valence-corrected chi connectivity index (χ0v) is 8.45. The molecule has 1 aliphatic heterocycles. The fourth-order valence-electron chi connectivity index (χ4n) is 1.74. The lowest BCUT2D eigenvalue weighted by molar-refractivity contribution is 0.341. The Balaban J connectivity index is 2.51. The number of rotatable bonds is 2. The summed E-state index contributed by atoms with van der Waals surface area (Å²) in [5.74, 6) is 0.492. The van der Waals surface area contributed by atoms with Crippen molar-refractivity contribution >= 4 is 0 Å². The molecule has 0 unspecified atom stereocenters. The molecule has 1 fully saturated rings. The molecular formula is C11H12N2O2. The third kappa shape index (κ3) is 1.51. The third-order valence-corrected chi connectivity index (χ3v) is 2.69. The van der Waals surface area contributed by atoms with Crippen LogP contribution in [0.5, 0.6) is 11.5 Å². The third-order valence-electron chi connectivity index (χ3n) is 2.69. The highest BCUT2D eigenvalue weighted by molar-refractivity contribution is 5.55. The summed E-state index contributed by atoms with van der Waals surface area (Å²) in [6.45, 7) is 0.923. The van der Waals surface area contributed by atoms with Gasteiger partial charge in [-0.05, 0) is 25.1 Å². The van der Waals surface area contributed by atoms with Crippen LogP contribution in [0.25, 0.3) is 0 Å². The van der Waals surface area contributed by atoms with E-state index in [0.717, 1.165) is 13.0 Å². The number of aromatic hydroxyl groups is 1. The van der Waals surface area contributed by atoms with E-state index in [1.165, 1.54) is 7.11 Å². The van der Waals surface area contributed by atoms with Crippen LogP contribution >= 0.6 is 0 Å². The van der Waals surface area contributed by atoms with Gasteiger partial charge >= 0.3 is 0 Å². The van der Waals surface area contributed by atoms with Crippen LogP contribution in [0.2, 0.25) is 0 Å². The molecule has 4 heteroatoms. The highest BCUT2D eigenvalue weighted by atomic mass is 16.5. The summed E-state index contributed by atoms with van der Waals surface area (Å²) in [6, 6.07) is 5.44. The van der Waals surface area contributed by atoms with E-state index in [1.54, 1.807) is 12.1 Å². The van der Waals surface area contributed by atoms with Gasteiger partial charge < -0.3 is 15.2 Å². The van der Waals surface area contributed by atoms with Crippen LogP contribution in [-0.2, 0) is 0 Å². The smallest absolute Gasteiger partial charge is 0.163 e. The molecule has 1 saturated heterocycles.